The van der Waals surface area contributed by atoms with E-state index in [1.807, 2.05) is 18.9 Å². The number of hydrogen-bond donors (Lipinski definition) is 2. The first-order valence-corrected chi connectivity index (χ1v) is 6.57. The number of hydrogen-bond acceptors (Lipinski definition) is 3. The zero-order valence-electron chi connectivity index (χ0n) is 11.3. The summed E-state index contributed by atoms with van der Waals surface area (Å²) in [4.78, 5) is 14.1. The molecule has 1 saturated carbocycles. The predicted molar refractivity (Wildman–Crippen MR) is 74.3 cm³/mol. The van der Waals surface area contributed by atoms with Gasteiger partial charge in [0, 0.05) is 11.7 Å². The number of nitrogen functional groups attached to an aromatic ring is 1. The molecule has 3 N–H and O–H groups in total. The van der Waals surface area contributed by atoms with E-state index in [0.717, 1.165) is 12.8 Å². The molecule has 19 heavy (non-hydrogen) atoms. The molecule has 1 atom stereocenters. The molecule has 1 amide bonds. The van der Waals surface area contributed by atoms with E-state index in [-0.39, 0.29) is 17.6 Å². The zero-order chi connectivity index (χ0) is 14.0. The minimum absolute atomic E-state index is 0.138. The number of likely N-dealkylation sites (N-methyl/N-ethyl adjacent to an activating group) is 1. The van der Waals surface area contributed by atoms with Crippen LogP contribution < -0.4 is 11.1 Å². The third kappa shape index (κ3) is 3.04. The number of carbonyl (C=O) groups is 1. The fourth-order valence-corrected chi connectivity index (χ4v) is 2.17. The van der Waals surface area contributed by atoms with Gasteiger partial charge in [-0.3, -0.25) is 9.69 Å². The quantitative estimate of drug-likeness (QED) is 0.821. The average molecular weight is 265 g/mol. The van der Waals surface area contributed by atoms with Crippen molar-refractivity contribution in [2.24, 2.45) is 0 Å². The summed E-state index contributed by atoms with van der Waals surface area (Å²) in [5, 5.41) is 2.60. The Balaban J connectivity index is 2.01. The van der Waals surface area contributed by atoms with Crippen molar-refractivity contribution < 1.29 is 9.18 Å². The van der Waals surface area contributed by atoms with Crippen LogP contribution in [-0.2, 0) is 4.79 Å². The SMILES string of the molecule is CC(C(=O)Nc1cc(N)ccc1F)N(C)C1CCC1. The van der Waals surface area contributed by atoms with E-state index >= 15 is 0 Å². The van der Waals surface area contributed by atoms with Gasteiger partial charge in [0.05, 0.1) is 11.7 Å². The summed E-state index contributed by atoms with van der Waals surface area (Å²) in [7, 11) is 1.93. The third-order valence-corrected chi connectivity index (χ3v) is 3.89. The minimum atomic E-state index is -0.471. The van der Waals surface area contributed by atoms with Crippen molar-refractivity contribution in [2.45, 2.75) is 38.3 Å². The number of rotatable bonds is 4. The van der Waals surface area contributed by atoms with Crippen LogP contribution in [0.5, 0.6) is 0 Å². The van der Waals surface area contributed by atoms with Gasteiger partial charge in [-0.15, -0.1) is 0 Å². The molecule has 1 aliphatic carbocycles. The molecule has 1 fully saturated rings. The number of nitrogens with zero attached hydrogens (tertiary/aromatic N) is 1. The highest BCUT2D eigenvalue weighted by molar-refractivity contribution is 5.95. The summed E-state index contributed by atoms with van der Waals surface area (Å²) < 4.78 is 13.5. The third-order valence-electron chi connectivity index (χ3n) is 3.89. The Hall–Kier alpha value is -1.62. The molecule has 1 unspecified atom stereocenters. The molecule has 4 nitrogen and oxygen atoms in total. The highest BCUT2D eigenvalue weighted by Crippen LogP contribution is 2.25. The molecule has 1 aromatic carbocycles. The Morgan fingerprint density at radius 1 is 1.53 bits per heavy atom. The Kier molecular flexibility index (Phi) is 4.04. The van der Waals surface area contributed by atoms with E-state index in [4.69, 9.17) is 5.73 Å². The summed E-state index contributed by atoms with van der Waals surface area (Å²) in [6, 6.07) is 4.33. The molecule has 0 heterocycles. The summed E-state index contributed by atoms with van der Waals surface area (Å²) >= 11 is 0. The highest BCUT2D eigenvalue weighted by Gasteiger charge is 2.29. The molecule has 0 spiro atoms. The van der Waals surface area contributed by atoms with E-state index < -0.39 is 5.82 Å². The molecule has 0 radical (unpaired) electrons. The first kappa shape index (κ1) is 13.8. The number of nitrogens with one attached hydrogen (secondary N) is 1. The Morgan fingerprint density at radius 3 is 2.79 bits per heavy atom. The molecule has 0 aliphatic heterocycles. The number of benzene rings is 1. The van der Waals surface area contributed by atoms with Crippen molar-refractivity contribution >= 4 is 17.3 Å². The molecule has 104 valence electrons. The second-order valence-corrected chi connectivity index (χ2v) is 5.15. The molecule has 2 rings (SSSR count). The zero-order valence-corrected chi connectivity index (χ0v) is 11.3. The van der Waals surface area contributed by atoms with Gasteiger partial charge in [0.15, 0.2) is 0 Å². The van der Waals surface area contributed by atoms with Gasteiger partial charge in [-0.25, -0.2) is 4.39 Å². The van der Waals surface area contributed by atoms with Crippen LogP contribution in [0.25, 0.3) is 0 Å². The fourth-order valence-electron chi connectivity index (χ4n) is 2.17. The van der Waals surface area contributed by atoms with E-state index in [1.165, 1.54) is 24.6 Å². The number of anilines is 2. The Labute approximate surface area is 112 Å². The van der Waals surface area contributed by atoms with Gasteiger partial charge >= 0.3 is 0 Å². The standard InChI is InChI=1S/C14H20FN3O/c1-9(18(2)11-4-3-5-11)14(19)17-13-8-10(16)6-7-12(13)15/h6-9,11H,3-5,16H2,1-2H3,(H,17,19). The average Bonchev–Trinajstić information content (AvgIpc) is 2.30. The van der Waals surface area contributed by atoms with Crippen molar-refractivity contribution in [3.8, 4) is 0 Å². The number of halogens is 1. The van der Waals surface area contributed by atoms with Crippen LogP contribution in [0.1, 0.15) is 26.2 Å². The smallest absolute Gasteiger partial charge is 0.241 e. The summed E-state index contributed by atoms with van der Waals surface area (Å²) in [6.07, 6.45) is 3.47. The van der Waals surface area contributed by atoms with E-state index in [2.05, 4.69) is 5.32 Å². The van der Waals surface area contributed by atoms with Gasteiger partial charge in [-0.05, 0) is 45.0 Å². The van der Waals surface area contributed by atoms with Crippen LogP contribution in [0.2, 0.25) is 0 Å². The van der Waals surface area contributed by atoms with Crippen LogP contribution in [0.4, 0.5) is 15.8 Å². The lowest BCUT2D eigenvalue weighted by molar-refractivity contribution is -0.121. The maximum absolute atomic E-state index is 13.5. The highest BCUT2D eigenvalue weighted by atomic mass is 19.1. The van der Waals surface area contributed by atoms with E-state index in [0.29, 0.717) is 11.7 Å². The van der Waals surface area contributed by atoms with Crippen molar-refractivity contribution in [1.82, 2.24) is 4.90 Å². The van der Waals surface area contributed by atoms with Crippen LogP contribution >= 0.6 is 0 Å². The van der Waals surface area contributed by atoms with Gasteiger partial charge in [0.1, 0.15) is 5.82 Å². The topological polar surface area (TPSA) is 58.4 Å². The van der Waals surface area contributed by atoms with Crippen molar-refractivity contribution in [1.29, 1.82) is 0 Å². The van der Waals surface area contributed by atoms with E-state index in [1.54, 1.807) is 0 Å². The van der Waals surface area contributed by atoms with Crippen LogP contribution in [0.3, 0.4) is 0 Å². The Bertz CT molecular complexity index is 474. The molecule has 0 saturated heterocycles. The van der Waals surface area contributed by atoms with Gasteiger partial charge in [-0.2, -0.15) is 0 Å². The summed E-state index contributed by atoms with van der Waals surface area (Å²) in [6.45, 7) is 1.83. The van der Waals surface area contributed by atoms with Crippen LogP contribution in [0.15, 0.2) is 18.2 Å². The molecule has 0 aromatic heterocycles. The summed E-state index contributed by atoms with van der Waals surface area (Å²) in [5.74, 6) is -0.681. The lowest BCUT2D eigenvalue weighted by Crippen LogP contribution is -2.48. The molecular formula is C14H20FN3O. The molecule has 1 aliphatic rings. The predicted octanol–water partition coefficient (Wildman–Crippen LogP) is 2.22. The minimum Gasteiger partial charge on any atom is -0.399 e. The first-order valence-electron chi connectivity index (χ1n) is 6.57. The number of carbonyl (C=O) groups excluding carboxylic acids is 1. The van der Waals surface area contributed by atoms with Crippen molar-refractivity contribution in [2.75, 3.05) is 18.1 Å². The molecule has 0 bridgehead atoms. The second kappa shape index (κ2) is 5.57. The van der Waals surface area contributed by atoms with Crippen molar-refractivity contribution in [3.63, 3.8) is 0 Å². The molecule has 1 aromatic rings. The number of amides is 1. The largest absolute Gasteiger partial charge is 0.399 e. The second-order valence-electron chi connectivity index (χ2n) is 5.15. The van der Waals surface area contributed by atoms with Crippen LogP contribution in [-0.4, -0.2) is 29.9 Å². The Morgan fingerprint density at radius 2 is 2.21 bits per heavy atom. The van der Waals surface area contributed by atoms with E-state index in [9.17, 15) is 9.18 Å². The normalized spacial score (nSPS) is 17.1. The monoisotopic (exact) mass is 265 g/mol. The number of nitrogens with two attached hydrogens (primary N) is 1. The lowest BCUT2D eigenvalue weighted by atomic mass is 9.91. The molecular weight excluding hydrogens is 245 g/mol. The molecule has 5 heteroatoms. The summed E-state index contributed by atoms with van der Waals surface area (Å²) in [5.41, 5.74) is 6.15. The van der Waals surface area contributed by atoms with Gasteiger partial charge in [0.2, 0.25) is 5.91 Å². The van der Waals surface area contributed by atoms with Gasteiger partial charge in [0.25, 0.3) is 0 Å². The lowest BCUT2D eigenvalue weighted by Gasteiger charge is -2.37. The van der Waals surface area contributed by atoms with Crippen molar-refractivity contribution in [3.05, 3.63) is 24.0 Å². The first-order chi connectivity index (χ1) is 8.99. The maximum Gasteiger partial charge on any atom is 0.241 e. The van der Waals surface area contributed by atoms with Crippen LogP contribution in [0, 0.1) is 5.82 Å². The van der Waals surface area contributed by atoms with Gasteiger partial charge < -0.3 is 11.1 Å². The fraction of sp³-hybridized carbons (Fsp3) is 0.500. The van der Waals surface area contributed by atoms with Gasteiger partial charge in [-0.1, -0.05) is 6.42 Å². The maximum atomic E-state index is 13.5.